The molecular weight excluding hydrogens is 454 g/mol. The molecule has 1 aliphatic heterocycles. The number of fused-ring (bicyclic) bond motifs is 1. The molecule has 186 valence electrons. The van der Waals surface area contributed by atoms with Crippen LogP contribution in [0.2, 0.25) is 0 Å². The van der Waals surface area contributed by atoms with Crippen LogP contribution in [0.1, 0.15) is 53.5 Å². The van der Waals surface area contributed by atoms with E-state index < -0.39 is 5.60 Å². The van der Waals surface area contributed by atoms with Crippen LogP contribution in [-0.4, -0.2) is 47.8 Å². The Hall–Kier alpha value is -2.73. The van der Waals surface area contributed by atoms with Gasteiger partial charge in [-0.25, -0.2) is 4.79 Å². The Morgan fingerprint density at radius 3 is 2.34 bits per heavy atom. The van der Waals surface area contributed by atoms with E-state index in [1.165, 1.54) is 16.1 Å². The van der Waals surface area contributed by atoms with Gasteiger partial charge in [0, 0.05) is 53.2 Å². The number of pyridine rings is 1. The summed E-state index contributed by atoms with van der Waals surface area (Å²) in [5, 5.41) is 1.15. The van der Waals surface area contributed by atoms with E-state index in [2.05, 4.69) is 74.2 Å². The first kappa shape index (κ1) is 25.4. The van der Waals surface area contributed by atoms with Crippen LogP contribution in [0.4, 0.5) is 10.5 Å². The maximum absolute atomic E-state index is 12.6. The Labute approximate surface area is 213 Å². The SMILES string of the molecule is CC(C)(C)OC(=O)N1CCCN(c2cccc3ncc(Sc4ccc(C(C)(C)C)cc4)cc23)CC1. The number of aromatic nitrogens is 1. The van der Waals surface area contributed by atoms with Crippen molar-refractivity contribution in [3.63, 3.8) is 0 Å². The summed E-state index contributed by atoms with van der Waals surface area (Å²) in [6, 6.07) is 17.4. The van der Waals surface area contributed by atoms with Crippen LogP contribution in [0, 0.1) is 0 Å². The van der Waals surface area contributed by atoms with Crippen LogP contribution < -0.4 is 4.90 Å². The van der Waals surface area contributed by atoms with Gasteiger partial charge in [0.15, 0.2) is 0 Å². The van der Waals surface area contributed by atoms with Gasteiger partial charge in [-0.15, -0.1) is 0 Å². The third kappa shape index (κ3) is 6.49. The number of hydrogen-bond acceptors (Lipinski definition) is 5. The Bertz CT molecular complexity index is 1180. The Morgan fingerprint density at radius 2 is 1.66 bits per heavy atom. The van der Waals surface area contributed by atoms with Crippen LogP contribution in [0.5, 0.6) is 0 Å². The zero-order chi connectivity index (χ0) is 25.2. The molecule has 3 aromatic rings. The van der Waals surface area contributed by atoms with E-state index in [-0.39, 0.29) is 11.5 Å². The predicted octanol–water partition coefficient (Wildman–Crippen LogP) is 7.13. The molecule has 2 heterocycles. The molecule has 6 heteroatoms. The minimum absolute atomic E-state index is 0.148. The van der Waals surface area contributed by atoms with Crippen LogP contribution in [0.15, 0.2) is 64.5 Å². The van der Waals surface area contributed by atoms with Gasteiger partial charge in [-0.3, -0.25) is 4.98 Å². The van der Waals surface area contributed by atoms with E-state index in [9.17, 15) is 4.79 Å². The molecule has 1 fully saturated rings. The predicted molar refractivity (Wildman–Crippen MR) is 146 cm³/mol. The summed E-state index contributed by atoms with van der Waals surface area (Å²) in [6.45, 7) is 15.5. The molecule has 0 N–H and O–H groups in total. The molecule has 0 saturated carbocycles. The monoisotopic (exact) mass is 491 g/mol. The minimum Gasteiger partial charge on any atom is -0.444 e. The third-order valence-electron chi connectivity index (χ3n) is 6.12. The Morgan fingerprint density at radius 1 is 0.914 bits per heavy atom. The van der Waals surface area contributed by atoms with Gasteiger partial charge in [-0.05, 0) is 68.5 Å². The summed E-state index contributed by atoms with van der Waals surface area (Å²) in [5.41, 5.74) is 3.16. The normalized spacial score (nSPS) is 15.3. The van der Waals surface area contributed by atoms with Crippen LogP contribution in [0.3, 0.4) is 0 Å². The van der Waals surface area contributed by atoms with Crippen molar-refractivity contribution in [2.45, 2.75) is 68.8 Å². The quantitative estimate of drug-likeness (QED) is 0.390. The average molecular weight is 492 g/mol. The molecule has 0 atom stereocenters. The van der Waals surface area contributed by atoms with Crippen LogP contribution in [-0.2, 0) is 10.2 Å². The highest BCUT2D eigenvalue weighted by Crippen LogP contribution is 2.34. The number of hydrogen-bond donors (Lipinski definition) is 0. The topological polar surface area (TPSA) is 45.7 Å². The van der Waals surface area contributed by atoms with Crippen molar-refractivity contribution in [3.05, 3.63) is 60.3 Å². The number of anilines is 1. The molecule has 1 amide bonds. The van der Waals surface area contributed by atoms with E-state index in [0.29, 0.717) is 13.1 Å². The molecular formula is C29H37N3O2S. The highest BCUT2D eigenvalue weighted by Gasteiger charge is 2.25. The fraction of sp³-hybridized carbons (Fsp3) is 0.448. The molecule has 5 nitrogen and oxygen atoms in total. The number of carbonyl (C=O) groups is 1. The molecule has 1 saturated heterocycles. The lowest BCUT2D eigenvalue weighted by atomic mass is 9.87. The van der Waals surface area contributed by atoms with Gasteiger partial charge in [0.1, 0.15) is 5.60 Å². The number of benzene rings is 2. The molecule has 0 unspecified atom stereocenters. The number of ether oxygens (including phenoxy) is 1. The van der Waals surface area contributed by atoms with Crippen molar-refractivity contribution in [1.29, 1.82) is 0 Å². The first-order chi connectivity index (χ1) is 16.5. The summed E-state index contributed by atoms with van der Waals surface area (Å²) in [5.74, 6) is 0. The fourth-order valence-corrected chi connectivity index (χ4v) is 5.10. The smallest absolute Gasteiger partial charge is 0.410 e. The molecule has 35 heavy (non-hydrogen) atoms. The van der Waals surface area contributed by atoms with Gasteiger partial charge in [-0.1, -0.05) is 50.7 Å². The van der Waals surface area contributed by atoms with Gasteiger partial charge in [0.2, 0.25) is 0 Å². The second kappa shape index (κ2) is 10.1. The second-order valence-corrected chi connectivity index (χ2v) is 12.3. The summed E-state index contributed by atoms with van der Waals surface area (Å²) in [4.78, 5) is 23.9. The first-order valence-corrected chi connectivity index (χ1v) is 13.2. The lowest BCUT2D eigenvalue weighted by Gasteiger charge is -2.27. The summed E-state index contributed by atoms with van der Waals surface area (Å²) < 4.78 is 5.60. The van der Waals surface area contributed by atoms with E-state index in [1.807, 2.05) is 31.9 Å². The lowest BCUT2D eigenvalue weighted by molar-refractivity contribution is 0.0263. The van der Waals surface area contributed by atoms with E-state index in [0.717, 1.165) is 35.3 Å². The molecule has 0 spiro atoms. The molecule has 4 rings (SSSR count). The van der Waals surface area contributed by atoms with Crippen molar-refractivity contribution in [1.82, 2.24) is 9.88 Å². The third-order valence-corrected chi connectivity index (χ3v) is 7.09. The van der Waals surface area contributed by atoms with E-state index in [4.69, 9.17) is 9.72 Å². The molecule has 1 aromatic heterocycles. The number of nitrogens with zero attached hydrogens (tertiary/aromatic N) is 3. The number of carbonyl (C=O) groups excluding carboxylic acids is 1. The minimum atomic E-state index is -0.481. The molecule has 0 radical (unpaired) electrons. The maximum Gasteiger partial charge on any atom is 0.410 e. The van der Waals surface area contributed by atoms with Gasteiger partial charge < -0.3 is 14.5 Å². The summed E-state index contributed by atoms with van der Waals surface area (Å²) >= 11 is 1.74. The first-order valence-electron chi connectivity index (χ1n) is 12.4. The Kier molecular flexibility index (Phi) is 7.32. The van der Waals surface area contributed by atoms with Gasteiger partial charge in [0.25, 0.3) is 0 Å². The molecule has 1 aliphatic rings. The van der Waals surface area contributed by atoms with Crippen molar-refractivity contribution >= 4 is 34.4 Å². The van der Waals surface area contributed by atoms with Gasteiger partial charge in [-0.2, -0.15) is 0 Å². The zero-order valence-corrected chi connectivity index (χ0v) is 22.6. The lowest BCUT2D eigenvalue weighted by Crippen LogP contribution is -2.39. The Balaban J connectivity index is 1.53. The highest BCUT2D eigenvalue weighted by molar-refractivity contribution is 7.99. The standard InChI is InChI=1S/C29H37N3O2S/c1-28(2,3)21-11-13-22(14-12-21)35-23-19-24-25(30-20-23)9-7-10-26(24)31-15-8-16-32(18-17-31)27(33)34-29(4,5)6/h7,9-14,19-20H,8,15-18H2,1-6H3. The van der Waals surface area contributed by atoms with E-state index in [1.54, 1.807) is 11.8 Å². The largest absolute Gasteiger partial charge is 0.444 e. The maximum atomic E-state index is 12.6. The van der Waals surface area contributed by atoms with Crippen molar-refractivity contribution in [3.8, 4) is 0 Å². The molecule has 0 aliphatic carbocycles. The average Bonchev–Trinajstić information content (AvgIpc) is 3.04. The van der Waals surface area contributed by atoms with Crippen molar-refractivity contribution in [2.75, 3.05) is 31.1 Å². The highest BCUT2D eigenvalue weighted by atomic mass is 32.2. The zero-order valence-electron chi connectivity index (χ0n) is 21.8. The molecule has 2 aromatic carbocycles. The number of rotatable bonds is 3. The van der Waals surface area contributed by atoms with E-state index >= 15 is 0 Å². The van der Waals surface area contributed by atoms with Crippen molar-refractivity contribution < 1.29 is 9.53 Å². The fourth-order valence-electron chi connectivity index (χ4n) is 4.27. The van der Waals surface area contributed by atoms with Gasteiger partial charge >= 0.3 is 6.09 Å². The molecule has 0 bridgehead atoms. The van der Waals surface area contributed by atoms with Crippen molar-refractivity contribution in [2.24, 2.45) is 0 Å². The second-order valence-electron chi connectivity index (χ2n) is 11.2. The van der Waals surface area contributed by atoms with Crippen LogP contribution in [0.25, 0.3) is 10.9 Å². The van der Waals surface area contributed by atoms with Gasteiger partial charge in [0.05, 0.1) is 5.52 Å². The number of amides is 1. The summed E-state index contributed by atoms with van der Waals surface area (Å²) in [7, 11) is 0. The summed E-state index contributed by atoms with van der Waals surface area (Å²) in [6.07, 6.45) is 2.63. The van der Waals surface area contributed by atoms with Crippen LogP contribution >= 0.6 is 11.8 Å².